The van der Waals surface area contributed by atoms with Crippen LogP contribution in [0.5, 0.6) is 5.75 Å². The van der Waals surface area contributed by atoms with E-state index in [1.165, 1.54) is 12.1 Å². The van der Waals surface area contributed by atoms with Gasteiger partial charge in [0.1, 0.15) is 5.75 Å². The minimum absolute atomic E-state index is 0.115. The molecule has 1 unspecified atom stereocenters. The molecule has 1 fully saturated rings. The fraction of sp³-hybridized carbons (Fsp3) is 0.286. The highest BCUT2D eigenvalue weighted by molar-refractivity contribution is 7.79. The zero-order valence-corrected chi connectivity index (χ0v) is 17.0. The van der Waals surface area contributed by atoms with Crippen molar-refractivity contribution in [1.29, 1.82) is 0 Å². The summed E-state index contributed by atoms with van der Waals surface area (Å²) in [4.78, 5) is 19.1. The summed E-state index contributed by atoms with van der Waals surface area (Å²) in [5.74, 6) is 0.719. The number of aromatic nitrogens is 3. The number of carbonyl (C=O) groups is 1. The lowest BCUT2D eigenvalue weighted by atomic mass is 9.98. The third-order valence-corrected chi connectivity index (χ3v) is 5.72. The second kappa shape index (κ2) is 9.19. The first-order valence-electron chi connectivity index (χ1n) is 9.67. The first-order valence-corrected chi connectivity index (χ1v) is 10.7. The summed E-state index contributed by atoms with van der Waals surface area (Å²) in [6, 6.07) is 11.7. The Morgan fingerprint density at radius 2 is 2.20 bits per heavy atom. The van der Waals surface area contributed by atoms with E-state index in [-0.39, 0.29) is 16.7 Å². The summed E-state index contributed by atoms with van der Waals surface area (Å²) in [5.41, 5.74) is 2.01. The highest BCUT2D eigenvalue weighted by atomic mass is 32.2. The molecule has 1 aliphatic rings. The Hall–Kier alpha value is -3.04. The van der Waals surface area contributed by atoms with Gasteiger partial charge in [0, 0.05) is 35.7 Å². The number of hydrogen-bond acceptors (Lipinski definition) is 6. The average Bonchev–Trinajstić information content (AvgIpc) is 3.33. The molecule has 30 heavy (non-hydrogen) atoms. The van der Waals surface area contributed by atoms with Gasteiger partial charge in [0.05, 0.1) is 24.2 Å². The van der Waals surface area contributed by atoms with E-state index in [1.807, 2.05) is 18.2 Å². The Kier molecular flexibility index (Phi) is 6.20. The van der Waals surface area contributed by atoms with Crippen LogP contribution in [0.4, 0.5) is 0 Å². The van der Waals surface area contributed by atoms with Crippen LogP contribution in [-0.4, -0.2) is 54.4 Å². The van der Waals surface area contributed by atoms with Crippen molar-refractivity contribution >= 4 is 17.0 Å². The largest absolute Gasteiger partial charge is 0.768 e. The molecule has 8 nitrogen and oxygen atoms in total. The predicted molar refractivity (Wildman–Crippen MR) is 110 cm³/mol. The summed E-state index contributed by atoms with van der Waals surface area (Å²) in [6.07, 6.45) is 5.20. The van der Waals surface area contributed by atoms with Crippen LogP contribution in [-0.2, 0) is 11.1 Å². The summed E-state index contributed by atoms with van der Waals surface area (Å²) < 4.78 is 28.2. The van der Waals surface area contributed by atoms with E-state index < -0.39 is 11.1 Å². The number of likely N-dealkylation sites (tertiary alicyclic amines) is 1. The Morgan fingerprint density at radius 3 is 2.93 bits per heavy atom. The number of ether oxygens (including phenoxy) is 1. The number of rotatable bonds is 6. The quantitative estimate of drug-likeness (QED) is 0.608. The summed E-state index contributed by atoms with van der Waals surface area (Å²) in [7, 11) is 0. The normalized spacial score (nSPS) is 17.5. The molecule has 156 valence electrons. The van der Waals surface area contributed by atoms with Crippen LogP contribution >= 0.6 is 0 Å². The van der Waals surface area contributed by atoms with Gasteiger partial charge in [-0.1, -0.05) is 6.07 Å². The number of aromatic amines is 1. The van der Waals surface area contributed by atoms with E-state index in [0.29, 0.717) is 31.0 Å². The standard InChI is InChI=1S/C21H22N4O4S/c26-21(16-4-1-5-18(11-16)30(27)28)25-10-2-3-15(13-25)14-29-17-6-7-19(22-12-17)20-8-9-23-24-20/h1,4-9,11-12,15H,2-3,10,13-14H2,(H,23,24)(H,27,28)/p-1/t15-/m1/s1. The number of nitrogens with zero attached hydrogens (tertiary/aromatic N) is 3. The van der Waals surface area contributed by atoms with Crippen LogP contribution in [0.3, 0.4) is 0 Å². The van der Waals surface area contributed by atoms with Gasteiger partial charge in [-0.15, -0.1) is 0 Å². The lowest BCUT2D eigenvalue weighted by Gasteiger charge is -2.32. The highest BCUT2D eigenvalue weighted by Crippen LogP contribution is 2.22. The molecule has 1 saturated heterocycles. The molecule has 0 bridgehead atoms. The highest BCUT2D eigenvalue weighted by Gasteiger charge is 2.25. The lowest BCUT2D eigenvalue weighted by molar-refractivity contribution is 0.0633. The van der Waals surface area contributed by atoms with Crippen molar-refractivity contribution in [2.24, 2.45) is 5.92 Å². The minimum atomic E-state index is -2.36. The zero-order valence-electron chi connectivity index (χ0n) is 16.2. The van der Waals surface area contributed by atoms with Crippen LogP contribution in [0.2, 0.25) is 0 Å². The third kappa shape index (κ3) is 4.74. The second-order valence-corrected chi connectivity index (χ2v) is 8.12. The summed E-state index contributed by atoms with van der Waals surface area (Å²) in [6.45, 7) is 1.71. The van der Waals surface area contributed by atoms with Crippen molar-refractivity contribution in [3.05, 3.63) is 60.4 Å². The number of amides is 1. The molecular weight excluding hydrogens is 404 g/mol. The SMILES string of the molecule is O=C(c1cccc(S(=O)[O-])c1)N1CCC[C@@H](COc2ccc(-c3ccn[nH]3)nc2)C1. The monoisotopic (exact) mass is 425 g/mol. The van der Waals surface area contributed by atoms with Gasteiger partial charge in [0.2, 0.25) is 0 Å². The van der Waals surface area contributed by atoms with Crippen LogP contribution in [0.15, 0.2) is 59.8 Å². The van der Waals surface area contributed by atoms with E-state index >= 15 is 0 Å². The topological polar surface area (TPSA) is 111 Å². The van der Waals surface area contributed by atoms with Gasteiger partial charge >= 0.3 is 0 Å². The first kappa shape index (κ1) is 20.2. The number of hydrogen-bond donors (Lipinski definition) is 1. The molecule has 1 aliphatic heterocycles. The van der Waals surface area contributed by atoms with Crippen molar-refractivity contribution in [3.63, 3.8) is 0 Å². The first-order chi connectivity index (χ1) is 14.6. The fourth-order valence-corrected chi connectivity index (χ4v) is 3.95. The van der Waals surface area contributed by atoms with Crippen LogP contribution in [0, 0.1) is 5.92 Å². The van der Waals surface area contributed by atoms with Crippen molar-refractivity contribution in [3.8, 4) is 17.1 Å². The van der Waals surface area contributed by atoms with Crippen molar-refractivity contribution < 1.29 is 18.3 Å². The third-order valence-electron chi connectivity index (χ3n) is 5.08. The molecule has 4 rings (SSSR count). The van der Waals surface area contributed by atoms with Crippen molar-refractivity contribution in [1.82, 2.24) is 20.1 Å². The average molecular weight is 425 g/mol. The molecule has 1 amide bonds. The number of pyridine rings is 1. The number of piperidine rings is 1. The Morgan fingerprint density at radius 1 is 1.30 bits per heavy atom. The van der Waals surface area contributed by atoms with E-state index in [1.54, 1.807) is 29.4 Å². The molecular formula is C21H21N4O4S-. The Balaban J connectivity index is 1.34. The molecule has 0 aliphatic carbocycles. The fourth-order valence-electron chi connectivity index (χ4n) is 3.54. The molecule has 3 aromatic rings. The zero-order chi connectivity index (χ0) is 20.9. The molecule has 9 heteroatoms. The van der Waals surface area contributed by atoms with Gasteiger partial charge in [-0.25, -0.2) is 0 Å². The van der Waals surface area contributed by atoms with E-state index in [0.717, 1.165) is 24.2 Å². The van der Waals surface area contributed by atoms with Gasteiger partial charge in [-0.05, 0) is 60.3 Å². The number of nitrogens with one attached hydrogen (secondary N) is 1. The molecule has 0 spiro atoms. The second-order valence-electron chi connectivity index (χ2n) is 7.18. The Bertz CT molecular complexity index is 1020. The predicted octanol–water partition coefficient (Wildman–Crippen LogP) is 2.64. The van der Waals surface area contributed by atoms with Gasteiger partial charge in [0.25, 0.3) is 5.91 Å². The molecule has 0 saturated carbocycles. The van der Waals surface area contributed by atoms with Gasteiger partial charge in [-0.2, -0.15) is 5.10 Å². The van der Waals surface area contributed by atoms with Crippen molar-refractivity contribution in [2.75, 3.05) is 19.7 Å². The summed E-state index contributed by atoms with van der Waals surface area (Å²) >= 11 is -2.36. The van der Waals surface area contributed by atoms with E-state index in [9.17, 15) is 13.6 Å². The number of carbonyl (C=O) groups excluding carboxylic acids is 1. The molecule has 3 heterocycles. The minimum Gasteiger partial charge on any atom is -0.768 e. The molecule has 1 N–H and O–H groups in total. The molecule has 1 aromatic carbocycles. The number of H-pyrrole nitrogens is 1. The van der Waals surface area contributed by atoms with Gasteiger partial charge in [-0.3, -0.25) is 19.1 Å². The maximum atomic E-state index is 12.8. The van der Waals surface area contributed by atoms with Gasteiger partial charge in [0.15, 0.2) is 0 Å². The van der Waals surface area contributed by atoms with E-state index in [4.69, 9.17) is 4.74 Å². The van der Waals surface area contributed by atoms with Crippen molar-refractivity contribution in [2.45, 2.75) is 17.7 Å². The van der Waals surface area contributed by atoms with Crippen LogP contribution in [0.25, 0.3) is 11.4 Å². The van der Waals surface area contributed by atoms with Crippen LogP contribution in [0.1, 0.15) is 23.2 Å². The molecule has 0 radical (unpaired) electrons. The molecule has 2 atom stereocenters. The maximum Gasteiger partial charge on any atom is 0.253 e. The van der Waals surface area contributed by atoms with Crippen LogP contribution < -0.4 is 4.74 Å². The Labute approximate surface area is 176 Å². The van der Waals surface area contributed by atoms with Gasteiger partial charge < -0.3 is 14.2 Å². The maximum absolute atomic E-state index is 12.8. The lowest BCUT2D eigenvalue weighted by Crippen LogP contribution is -2.41. The smallest absolute Gasteiger partial charge is 0.253 e. The van der Waals surface area contributed by atoms with E-state index in [2.05, 4.69) is 15.2 Å². The summed E-state index contributed by atoms with van der Waals surface area (Å²) in [5, 5.41) is 6.79. The molecule has 2 aromatic heterocycles. The number of benzene rings is 1.